The summed E-state index contributed by atoms with van der Waals surface area (Å²) in [5.74, 6) is 0.945. The van der Waals surface area contributed by atoms with Crippen LogP contribution in [0.1, 0.15) is 50.2 Å². The van der Waals surface area contributed by atoms with Crippen molar-refractivity contribution in [3.8, 4) is 0 Å². The summed E-state index contributed by atoms with van der Waals surface area (Å²) in [5, 5.41) is 6.95. The molecular formula is C21H34N4O2S. The van der Waals surface area contributed by atoms with E-state index >= 15 is 0 Å². The first kappa shape index (κ1) is 21.1. The van der Waals surface area contributed by atoms with E-state index in [1.807, 2.05) is 24.3 Å². The predicted octanol–water partition coefficient (Wildman–Crippen LogP) is 2.30. The van der Waals surface area contributed by atoms with Crippen LogP contribution < -0.4 is 10.6 Å². The molecular weight excluding hydrogens is 372 g/mol. The van der Waals surface area contributed by atoms with Gasteiger partial charge in [0.05, 0.1) is 12.3 Å². The van der Waals surface area contributed by atoms with Crippen molar-refractivity contribution in [1.82, 2.24) is 15.5 Å². The van der Waals surface area contributed by atoms with E-state index in [0.29, 0.717) is 12.6 Å². The third-order valence-electron chi connectivity index (χ3n) is 5.62. The molecule has 3 rings (SSSR count). The van der Waals surface area contributed by atoms with Crippen molar-refractivity contribution in [2.45, 2.75) is 63.4 Å². The lowest BCUT2D eigenvalue weighted by atomic mass is 10.1. The van der Waals surface area contributed by atoms with E-state index in [-0.39, 0.29) is 5.75 Å². The predicted molar refractivity (Wildman–Crippen MR) is 115 cm³/mol. The zero-order chi connectivity index (χ0) is 20.0. The molecule has 1 heterocycles. The van der Waals surface area contributed by atoms with Crippen LogP contribution in [0.5, 0.6) is 0 Å². The summed E-state index contributed by atoms with van der Waals surface area (Å²) >= 11 is 0. The van der Waals surface area contributed by atoms with Gasteiger partial charge in [-0.15, -0.1) is 0 Å². The van der Waals surface area contributed by atoms with Crippen molar-refractivity contribution in [1.29, 1.82) is 0 Å². The molecule has 28 heavy (non-hydrogen) atoms. The molecule has 0 aromatic heterocycles. The highest BCUT2D eigenvalue weighted by molar-refractivity contribution is 7.89. The van der Waals surface area contributed by atoms with E-state index in [0.717, 1.165) is 36.2 Å². The summed E-state index contributed by atoms with van der Waals surface area (Å²) in [4.78, 5) is 7.38. The molecule has 6 nitrogen and oxygen atoms in total. The number of sulfone groups is 1. The number of hydrogen-bond acceptors (Lipinski definition) is 4. The molecule has 1 aliphatic carbocycles. The number of rotatable bonds is 7. The number of hydrogen-bond donors (Lipinski definition) is 2. The van der Waals surface area contributed by atoms with Gasteiger partial charge in [0.15, 0.2) is 15.8 Å². The first-order valence-corrected chi connectivity index (χ1v) is 12.5. The summed E-state index contributed by atoms with van der Waals surface area (Å²) < 4.78 is 22.8. The number of nitrogens with zero attached hydrogens (tertiary/aromatic N) is 2. The Hall–Kier alpha value is -1.60. The van der Waals surface area contributed by atoms with E-state index in [4.69, 9.17) is 4.99 Å². The Morgan fingerprint density at radius 2 is 1.82 bits per heavy atom. The third-order valence-corrected chi connectivity index (χ3v) is 6.48. The van der Waals surface area contributed by atoms with Crippen molar-refractivity contribution in [3.63, 3.8) is 0 Å². The van der Waals surface area contributed by atoms with Crippen LogP contribution in [0.15, 0.2) is 29.3 Å². The van der Waals surface area contributed by atoms with Gasteiger partial charge in [-0.05, 0) is 37.3 Å². The van der Waals surface area contributed by atoms with Gasteiger partial charge in [0, 0.05) is 38.0 Å². The molecule has 2 aliphatic rings. The van der Waals surface area contributed by atoms with Gasteiger partial charge in [-0.25, -0.2) is 13.4 Å². The van der Waals surface area contributed by atoms with Gasteiger partial charge in [0.2, 0.25) is 0 Å². The summed E-state index contributed by atoms with van der Waals surface area (Å²) in [7, 11) is -3.00. The van der Waals surface area contributed by atoms with Crippen LogP contribution in [0.4, 0.5) is 0 Å². The minimum absolute atomic E-state index is 0.0833. The molecule has 2 N–H and O–H groups in total. The summed E-state index contributed by atoms with van der Waals surface area (Å²) in [6.07, 6.45) is 7.91. The fraction of sp³-hybridized carbons (Fsp3) is 0.667. The molecule has 156 valence electrons. The Labute approximate surface area is 169 Å². The van der Waals surface area contributed by atoms with Gasteiger partial charge in [-0.1, -0.05) is 37.1 Å². The number of aliphatic imine (C=N–C) groups is 1. The van der Waals surface area contributed by atoms with Crippen LogP contribution in [0.2, 0.25) is 0 Å². The second kappa shape index (κ2) is 9.74. The summed E-state index contributed by atoms with van der Waals surface area (Å²) in [5.41, 5.74) is 1.90. The Morgan fingerprint density at radius 3 is 2.46 bits per heavy atom. The van der Waals surface area contributed by atoms with Crippen LogP contribution in [-0.2, 0) is 22.1 Å². The Kier molecular flexibility index (Phi) is 7.35. The minimum atomic E-state index is -3.00. The summed E-state index contributed by atoms with van der Waals surface area (Å²) in [6.45, 7) is 5.78. The van der Waals surface area contributed by atoms with Crippen molar-refractivity contribution < 1.29 is 8.42 Å². The van der Waals surface area contributed by atoms with Gasteiger partial charge in [-0.3, -0.25) is 4.90 Å². The lowest BCUT2D eigenvalue weighted by Gasteiger charge is -2.24. The maximum absolute atomic E-state index is 11.4. The highest BCUT2D eigenvalue weighted by atomic mass is 32.2. The first-order chi connectivity index (χ1) is 13.4. The van der Waals surface area contributed by atoms with Crippen LogP contribution in [0.3, 0.4) is 0 Å². The summed E-state index contributed by atoms with van der Waals surface area (Å²) in [6, 6.07) is 8.92. The van der Waals surface area contributed by atoms with Gasteiger partial charge >= 0.3 is 0 Å². The van der Waals surface area contributed by atoms with Crippen LogP contribution in [0, 0.1) is 0 Å². The van der Waals surface area contributed by atoms with E-state index in [2.05, 4.69) is 22.5 Å². The molecule has 7 heteroatoms. The Bertz CT molecular complexity index is 755. The largest absolute Gasteiger partial charge is 0.357 e. The van der Waals surface area contributed by atoms with Crippen LogP contribution in [0.25, 0.3) is 0 Å². The second-order valence-electron chi connectivity index (χ2n) is 8.14. The van der Waals surface area contributed by atoms with E-state index in [1.165, 1.54) is 44.9 Å². The van der Waals surface area contributed by atoms with Crippen molar-refractivity contribution in [2.24, 2.45) is 4.99 Å². The molecule has 0 spiro atoms. The number of benzene rings is 1. The molecule has 0 radical (unpaired) electrons. The molecule has 2 fully saturated rings. The van der Waals surface area contributed by atoms with Crippen molar-refractivity contribution in [3.05, 3.63) is 35.4 Å². The molecule has 1 unspecified atom stereocenters. The topological polar surface area (TPSA) is 73.8 Å². The standard InChI is InChI=1S/C21H34N4O2S/c1-3-22-21(24-19-12-13-25(15-19)20-6-4-5-7-20)23-14-17-8-10-18(11-9-17)16-28(2,26)27/h8-11,19-20H,3-7,12-16H2,1-2H3,(H2,22,23,24). The molecule has 0 amide bonds. The quantitative estimate of drug-likeness (QED) is 0.537. The Morgan fingerprint density at radius 1 is 1.14 bits per heavy atom. The van der Waals surface area contributed by atoms with Crippen molar-refractivity contribution in [2.75, 3.05) is 25.9 Å². The van der Waals surface area contributed by atoms with Crippen LogP contribution >= 0.6 is 0 Å². The van der Waals surface area contributed by atoms with Gasteiger partial charge in [-0.2, -0.15) is 0 Å². The number of guanidine groups is 1. The SMILES string of the molecule is CCNC(=NCc1ccc(CS(C)(=O)=O)cc1)NC1CCN(C2CCCC2)C1. The molecule has 1 saturated heterocycles. The van der Waals surface area contributed by atoms with E-state index < -0.39 is 9.84 Å². The van der Waals surface area contributed by atoms with Crippen LogP contribution in [-0.4, -0.2) is 57.3 Å². The lowest BCUT2D eigenvalue weighted by Crippen LogP contribution is -2.45. The zero-order valence-corrected chi connectivity index (χ0v) is 18.0. The minimum Gasteiger partial charge on any atom is -0.357 e. The normalized spacial score (nSPS) is 21.9. The first-order valence-electron chi connectivity index (χ1n) is 10.5. The van der Waals surface area contributed by atoms with Gasteiger partial charge < -0.3 is 10.6 Å². The molecule has 1 saturated carbocycles. The molecule has 1 aliphatic heterocycles. The smallest absolute Gasteiger partial charge is 0.191 e. The Balaban J connectivity index is 1.54. The third kappa shape index (κ3) is 6.48. The lowest BCUT2D eigenvalue weighted by molar-refractivity contribution is 0.242. The highest BCUT2D eigenvalue weighted by Gasteiger charge is 2.30. The fourth-order valence-electron chi connectivity index (χ4n) is 4.23. The van der Waals surface area contributed by atoms with E-state index in [9.17, 15) is 8.42 Å². The fourth-order valence-corrected chi connectivity index (χ4v) is 5.03. The average Bonchev–Trinajstić information content (AvgIpc) is 3.31. The maximum atomic E-state index is 11.4. The zero-order valence-electron chi connectivity index (χ0n) is 17.2. The molecule has 1 atom stereocenters. The highest BCUT2D eigenvalue weighted by Crippen LogP contribution is 2.26. The average molecular weight is 407 g/mol. The monoisotopic (exact) mass is 406 g/mol. The second-order valence-corrected chi connectivity index (χ2v) is 10.3. The number of nitrogens with one attached hydrogen (secondary N) is 2. The molecule has 0 bridgehead atoms. The molecule has 1 aromatic rings. The van der Waals surface area contributed by atoms with Crippen molar-refractivity contribution >= 4 is 15.8 Å². The van der Waals surface area contributed by atoms with E-state index in [1.54, 1.807) is 0 Å². The maximum Gasteiger partial charge on any atom is 0.191 e. The molecule has 1 aromatic carbocycles. The van der Waals surface area contributed by atoms with Gasteiger partial charge in [0.25, 0.3) is 0 Å². The van der Waals surface area contributed by atoms with Gasteiger partial charge in [0.1, 0.15) is 0 Å². The number of likely N-dealkylation sites (tertiary alicyclic amines) is 1.